The summed E-state index contributed by atoms with van der Waals surface area (Å²) >= 11 is 0. The van der Waals surface area contributed by atoms with Crippen LogP contribution < -0.4 is 11.1 Å². The number of hydrogen-bond acceptors (Lipinski definition) is 4. The number of benzene rings is 1. The zero-order valence-electron chi connectivity index (χ0n) is 9.83. The van der Waals surface area contributed by atoms with Crippen LogP contribution in [0, 0.1) is 0 Å². The van der Waals surface area contributed by atoms with Crippen LogP contribution in [0.25, 0.3) is 0 Å². The van der Waals surface area contributed by atoms with Gasteiger partial charge in [0.1, 0.15) is 11.4 Å². The van der Waals surface area contributed by atoms with Crippen LogP contribution in [0.4, 0.5) is 5.69 Å². The predicted octanol–water partition coefficient (Wildman–Crippen LogP) is 1.14. The molecule has 0 radical (unpaired) electrons. The number of primary amides is 1. The van der Waals surface area contributed by atoms with Crippen LogP contribution in [0.3, 0.4) is 0 Å². The summed E-state index contributed by atoms with van der Waals surface area (Å²) < 4.78 is 0. The molecule has 0 unspecified atom stereocenters. The summed E-state index contributed by atoms with van der Waals surface area (Å²) in [5.74, 6) is -1.14. The van der Waals surface area contributed by atoms with Crippen molar-refractivity contribution in [3.63, 3.8) is 0 Å². The van der Waals surface area contributed by atoms with Gasteiger partial charge in [-0.2, -0.15) is 0 Å². The Bertz CT molecular complexity index is 623. The molecule has 0 bridgehead atoms. The molecule has 0 aliphatic rings. The molecule has 6 heteroatoms. The van der Waals surface area contributed by atoms with E-state index < -0.39 is 11.8 Å². The first-order valence-corrected chi connectivity index (χ1v) is 5.43. The molecule has 0 saturated carbocycles. The minimum atomic E-state index is -0.611. The first kappa shape index (κ1) is 12.6. The number of carbonyl (C=O) groups is 2. The third-order valence-electron chi connectivity index (χ3n) is 2.43. The van der Waals surface area contributed by atoms with Crippen LogP contribution in [0.5, 0.6) is 5.75 Å². The number of nitrogens with zero attached hydrogens (tertiary/aromatic N) is 1. The molecular weight excluding hydrogens is 246 g/mol. The van der Waals surface area contributed by atoms with Crippen molar-refractivity contribution in [3.05, 3.63) is 53.9 Å². The van der Waals surface area contributed by atoms with Gasteiger partial charge in [0, 0.05) is 6.20 Å². The Labute approximate surface area is 108 Å². The average Bonchev–Trinajstić information content (AvgIpc) is 2.41. The number of aromatic nitrogens is 1. The van der Waals surface area contributed by atoms with Crippen molar-refractivity contribution in [1.29, 1.82) is 0 Å². The van der Waals surface area contributed by atoms with Crippen molar-refractivity contribution in [3.8, 4) is 5.75 Å². The molecule has 4 N–H and O–H groups in total. The van der Waals surface area contributed by atoms with E-state index in [0.717, 1.165) is 0 Å². The molecule has 0 aliphatic carbocycles. The third kappa shape index (κ3) is 2.86. The van der Waals surface area contributed by atoms with E-state index in [1.165, 1.54) is 24.4 Å². The number of amides is 2. The Morgan fingerprint density at radius 3 is 2.47 bits per heavy atom. The van der Waals surface area contributed by atoms with Gasteiger partial charge in [0.25, 0.3) is 5.91 Å². The monoisotopic (exact) mass is 257 g/mol. The van der Waals surface area contributed by atoms with Crippen molar-refractivity contribution in [2.45, 2.75) is 0 Å². The summed E-state index contributed by atoms with van der Waals surface area (Å²) in [5.41, 5.74) is 5.70. The Hall–Kier alpha value is -2.89. The summed E-state index contributed by atoms with van der Waals surface area (Å²) in [5, 5.41) is 12.0. The van der Waals surface area contributed by atoms with Crippen molar-refractivity contribution < 1.29 is 14.7 Å². The molecular formula is C13H11N3O3. The standard InChI is InChI=1S/C13H11N3O3/c14-12(18)8-5-6-10(15-7-8)13(19)16-9-3-1-2-4-11(9)17/h1-7,17H,(H2,14,18)(H,16,19). The Balaban J connectivity index is 2.16. The molecule has 0 aliphatic heterocycles. The molecule has 2 aromatic rings. The zero-order valence-corrected chi connectivity index (χ0v) is 9.83. The van der Waals surface area contributed by atoms with Crippen molar-refractivity contribution in [2.24, 2.45) is 5.73 Å². The molecule has 96 valence electrons. The van der Waals surface area contributed by atoms with Gasteiger partial charge in [0.15, 0.2) is 0 Å². The molecule has 2 amide bonds. The van der Waals surface area contributed by atoms with Crippen LogP contribution in [0.1, 0.15) is 20.8 Å². The number of aromatic hydroxyl groups is 1. The van der Waals surface area contributed by atoms with E-state index in [-0.39, 0.29) is 22.7 Å². The number of pyridine rings is 1. The summed E-state index contributed by atoms with van der Waals surface area (Å²) in [6.45, 7) is 0. The minimum Gasteiger partial charge on any atom is -0.506 e. The van der Waals surface area contributed by atoms with Gasteiger partial charge in [0.05, 0.1) is 11.3 Å². The first-order valence-electron chi connectivity index (χ1n) is 5.43. The molecule has 1 heterocycles. The van der Waals surface area contributed by atoms with Gasteiger partial charge in [-0.15, -0.1) is 0 Å². The maximum Gasteiger partial charge on any atom is 0.274 e. The lowest BCUT2D eigenvalue weighted by Gasteiger charge is -2.06. The first-order chi connectivity index (χ1) is 9.08. The fraction of sp³-hybridized carbons (Fsp3) is 0. The second kappa shape index (κ2) is 5.18. The number of phenolic OH excluding ortho intramolecular Hbond substituents is 1. The molecule has 0 atom stereocenters. The van der Waals surface area contributed by atoms with E-state index in [1.807, 2.05) is 0 Å². The van der Waals surface area contributed by atoms with Gasteiger partial charge in [-0.05, 0) is 24.3 Å². The summed E-state index contributed by atoms with van der Waals surface area (Å²) in [6, 6.07) is 9.14. The summed E-state index contributed by atoms with van der Waals surface area (Å²) in [7, 11) is 0. The second-order valence-corrected chi connectivity index (χ2v) is 3.77. The lowest BCUT2D eigenvalue weighted by molar-refractivity contribution is 0.0993. The van der Waals surface area contributed by atoms with Crippen LogP contribution in [-0.4, -0.2) is 21.9 Å². The van der Waals surface area contributed by atoms with Gasteiger partial charge >= 0.3 is 0 Å². The number of anilines is 1. The number of carbonyl (C=O) groups excluding carboxylic acids is 2. The maximum absolute atomic E-state index is 11.8. The normalized spacial score (nSPS) is 9.89. The molecule has 6 nitrogen and oxygen atoms in total. The number of nitrogens with two attached hydrogens (primary N) is 1. The molecule has 2 rings (SSSR count). The molecule has 0 saturated heterocycles. The molecule has 1 aromatic carbocycles. The number of nitrogens with one attached hydrogen (secondary N) is 1. The quantitative estimate of drug-likeness (QED) is 0.717. The Kier molecular flexibility index (Phi) is 3.42. The summed E-state index contributed by atoms with van der Waals surface area (Å²) in [4.78, 5) is 26.5. The van der Waals surface area contributed by atoms with Gasteiger partial charge in [-0.25, -0.2) is 0 Å². The van der Waals surface area contributed by atoms with Crippen LogP contribution in [-0.2, 0) is 0 Å². The minimum absolute atomic E-state index is 0.0374. The van der Waals surface area contributed by atoms with Crippen LogP contribution in [0.2, 0.25) is 0 Å². The van der Waals surface area contributed by atoms with Gasteiger partial charge in [-0.1, -0.05) is 12.1 Å². The second-order valence-electron chi connectivity index (χ2n) is 3.77. The predicted molar refractivity (Wildman–Crippen MR) is 68.8 cm³/mol. The van der Waals surface area contributed by atoms with Crippen molar-refractivity contribution in [2.75, 3.05) is 5.32 Å². The van der Waals surface area contributed by atoms with E-state index in [2.05, 4.69) is 10.3 Å². The molecule has 0 fully saturated rings. The largest absolute Gasteiger partial charge is 0.506 e. The zero-order chi connectivity index (χ0) is 13.8. The van der Waals surface area contributed by atoms with Crippen molar-refractivity contribution in [1.82, 2.24) is 4.98 Å². The highest BCUT2D eigenvalue weighted by atomic mass is 16.3. The molecule has 1 aromatic heterocycles. The van der Waals surface area contributed by atoms with E-state index in [0.29, 0.717) is 0 Å². The fourth-order valence-electron chi connectivity index (χ4n) is 1.44. The Morgan fingerprint density at radius 1 is 1.16 bits per heavy atom. The van der Waals surface area contributed by atoms with Crippen molar-refractivity contribution >= 4 is 17.5 Å². The topological polar surface area (TPSA) is 105 Å². The van der Waals surface area contributed by atoms with E-state index >= 15 is 0 Å². The Morgan fingerprint density at radius 2 is 1.89 bits per heavy atom. The highest BCUT2D eigenvalue weighted by molar-refractivity contribution is 6.04. The average molecular weight is 257 g/mol. The van der Waals surface area contributed by atoms with Crippen LogP contribution >= 0.6 is 0 Å². The van der Waals surface area contributed by atoms with Crippen LogP contribution in [0.15, 0.2) is 42.6 Å². The lowest BCUT2D eigenvalue weighted by atomic mass is 10.2. The number of para-hydroxylation sites is 2. The maximum atomic E-state index is 11.8. The highest BCUT2D eigenvalue weighted by Crippen LogP contribution is 2.21. The van der Waals surface area contributed by atoms with Gasteiger partial charge in [-0.3, -0.25) is 14.6 Å². The van der Waals surface area contributed by atoms with E-state index in [9.17, 15) is 14.7 Å². The number of rotatable bonds is 3. The fourth-order valence-corrected chi connectivity index (χ4v) is 1.44. The smallest absolute Gasteiger partial charge is 0.274 e. The van der Waals surface area contributed by atoms with Gasteiger partial charge < -0.3 is 16.2 Å². The van der Waals surface area contributed by atoms with E-state index in [1.54, 1.807) is 18.2 Å². The summed E-state index contributed by atoms with van der Waals surface area (Å²) in [6.07, 6.45) is 1.22. The lowest BCUT2D eigenvalue weighted by Crippen LogP contribution is -2.16. The van der Waals surface area contributed by atoms with E-state index in [4.69, 9.17) is 5.73 Å². The number of hydrogen-bond donors (Lipinski definition) is 3. The third-order valence-corrected chi connectivity index (χ3v) is 2.43. The molecule has 0 spiro atoms. The van der Waals surface area contributed by atoms with Gasteiger partial charge in [0.2, 0.25) is 5.91 Å². The molecule has 19 heavy (non-hydrogen) atoms. The number of phenols is 1. The SMILES string of the molecule is NC(=O)c1ccc(C(=O)Nc2ccccc2O)nc1. The highest BCUT2D eigenvalue weighted by Gasteiger charge is 2.10.